The molecule has 0 spiro atoms. The molecule has 2 fully saturated rings. The summed E-state index contributed by atoms with van der Waals surface area (Å²) in [6.07, 6.45) is 7.54. The zero-order chi connectivity index (χ0) is 21.2. The molecule has 1 aromatic carbocycles. The Morgan fingerprint density at radius 3 is 2.65 bits per heavy atom. The third-order valence-corrected chi connectivity index (χ3v) is 8.01. The number of hydrogen-bond acceptors (Lipinski definition) is 7. The lowest BCUT2D eigenvalue weighted by molar-refractivity contribution is 0.00893. The van der Waals surface area contributed by atoms with E-state index in [1.54, 1.807) is 11.3 Å². The van der Waals surface area contributed by atoms with Crippen LogP contribution in [0, 0.1) is 0 Å². The molecule has 166 valence electrons. The summed E-state index contributed by atoms with van der Waals surface area (Å²) >= 11 is 1.69. The van der Waals surface area contributed by atoms with E-state index in [1.807, 2.05) is 4.90 Å². The molecule has 3 heterocycles. The van der Waals surface area contributed by atoms with Gasteiger partial charge in [0, 0.05) is 53.4 Å². The first-order valence-corrected chi connectivity index (χ1v) is 13.1. The van der Waals surface area contributed by atoms with E-state index in [1.165, 1.54) is 37.2 Å². The van der Waals surface area contributed by atoms with Crippen LogP contribution < -0.4 is 4.74 Å². The molecule has 1 atom stereocenters. The third-order valence-electron chi connectivity index (χ3n) is 6.54. The van der Waals surface area contributed by atoms with Crippen molar-refractivity contribution in [3.8, 4) is 16.3 Å². The van der Waals surface area contributed by atoms with Crippen LogP contribution in [-0.4, -0.2) is 58.2 Å². The van der Waals surface area contributed by atoms with Crippen molar-refractivity contribution in [3.63, 3.8) is 0 Å². The molecule has 2 aromatic rings. The van der Waals surface area contributed by atoms with Crippen molar-refractivity contribution in [2.75, 3.05) is 26.4 Å². The third kappa shape index (κ3) is 5.16. The summed E-state index contributed by atoms with van der Waals surface area (Å²) in [6.45, 7) is 4.18. The number of thiazole rings is 1. The summed E-state index contributed by atoms with van der Waals surface area (Å²) in [7, 11) is -2.55. The Morgan fingerprint density at radius 2 is 1.90 bits per heavy atom. The number of piperidine rings is 1. The highest BCUT2D eigenvalue weighted by Gasteiger charge is 2.35. The second-order valence-corrected chi connectivity index (χ2v) is 10.5. The highest BCUT2D eigenvalue weighted by atomic mass is 32.1. The normalized spacial score (nSPS) is 25.0. The minimum Gasteiger partial charge on any atom is -0.490 e. The van der Waals surface area contributed by atoms with Gasteiger partial charge >= 0.3 is 8.25 Å². The van der Waals surface area contributed by atoms with Gasteiger partial charge in [-0.05, 0) is 50.2 Å². The first kappa shape index (κ1) is 21.4. The zero-order valence-electron chi connectivity index (χ0n) is 17.6. The standard InChI is InChI=1S/C22H28N3O4PS/c26-30(27)28-15-24-11-8-20-21(14-24)31-22(23-20)16-4-6-18(7-5-16)29-19-12-17(13-19)25-9-2-1-3-10-25/h4-7,17,19H,1-3,8-15H2/p+1. The molecule has 5 rings (SSSR count). The van der Waals surface area contributed by atoms with Gasteiger partial charge < -0.3 is 9.64 Å². The molecule has 0 radical (unpaired) electrons. The second-order valence-electron chi connectivity index (χ2n) is 8.67. The van der Waals surface area contributed by atoms with Gasteiger partial charge in [-0.25, -0.2) is 4.98 Å². The minimum absolute atomic E-state index is 0.171. The molecule has 2 aliphatic heterocycles. The molecule has 1 aliphatic carbocycles. The predicted octanol–water partition coefficient (Wildman–Crippen LogP) is 4.19. The average molecular weight is 463 g/mol. The van der Waals surface area contributed by atoms with Gasteiger partial charge in [0.15, 0.2) is 6.73 Å². The van der Waals surface area contributed by atoms with Crippen molar-refractivity contribution < 1.29 is 18.7 Å². The summed E-state index contributed by atoms with van der Waals surface area (Å²) in [6, 6.07) is 9.02. The summed E-state index contributed by atoms with van der Waals surface area (Å²) in [5.41, 5.74) is 2.23. The Hall–Kier alpha value is -1.41. The van der Waals surface area contributed by atoms with Crippen LogP contribution in [0.25, 0.3) is 10.6 Å². The number of likely N-dealkylation sites (tertiary alicyclic amines) is 1. The molecule has 0 bridgehead atoms. The van der Waals surface area contributed by atoms with Crippen LogP contribution in [0.4, 0.5) is 0 Å². The number of ether oxygens (including phenoxy) is 1. The monoisotopic (exact) mass is 462 g/mol. The molecule has 1 aromatic heterocycles. The minimum atomic E-state index is -2.55. The van der Waals surface area contributed by atoms with Crippen LogP contribution in [0.15, 0.2) is 24.3 Å². The van der Waals surface area contributed by atoms with E-state index in [0.717, 1.165) is 47.8 Å². The number of benzene rings is 1. The summed E-state index contributed by atoms with van der Waals surface area (Å²) in [4.78, 5) is 19.5. The maximum absolute atomic E-state index is 10.8. The van der Waals surface area contributed by atoms with Gasteiger partial charge in [0.05, 0.1) is 5.69 Å². The van der Waals surface area contributed by atoms with E-state index in [2.05, 4.69) is 29.2 Å². The Labute approximate surface area is 187 Å². The second kappa shape index (κ2) is 9.61. The lowest BCUT2D eigenvalue weighted by atomic mass is 9.86. The molecule has 0 amide bonds. The lowest BCUT2D eigenvalue weighted by Crippen LogP contribution is -2.50. The zero-order valence-corrected chi connectivity index (χ0v) is 19.3. The first-order chi connectivity index (χ1) is 15.1. The Morgan fingerprint density at radius 1 is 1.13 bits per heavy atom. The number of hydrogen-bond donors (Lipinski definition) is 1. The highest BCUT2D eigenvalue weighted by Crippen LogP contribution is 2.35. The van der Waals surface area contributed by atoms with E-state index in [9.17, 15) is 4.57 Å². The molecule has 1 N–H and O–H groups in total. The molecule has 1 saturated carbocycles. The number of nitrogens with zero attached hydrogens (tertiary/aromatic N) is 3. The number of fused-ring (bicyclic) bond motifs is 1. The Bertz CT molecular complexity index is 910. The van der Waals surface area contributed by atoms with Crippen molar-refractivity contribution >= 4 is 19.6 Å². The van der Waals surface area contributed by atoms with Crippen molar-refractivity contribution in [2.45, 2.75) is 57.2 Å². The number of rotatable bonds is 7. The van der Waals surface area contributed by atoms with Crippen LogP contribution in [-0.2, 0) is 22.1 Å². The van der Waals surface area contributed by atoms with Gasteiger partial charge in [0.25, 0.3) is 0 Å². The van der Waals surface area contributed by atoms with Crippen molar-refractivity contribution in [2.24, 2.45) is 0 Å². The quantitative estimate of drug-likeness (QED) is 0.619. The van der Waals surface area contributed by atoms with Crippen LogP contribution in [0.3, 0.4) is 0 Å². The average Bonchev–Trinajstić information content (AvgIpc) is 3.19. The Balaban J connectivity index is 1.15. The summed E-state index contributed by atoms with van der Waals surface area (Å²) < 4.78 is 21.8. The molecular formula is C22H29N3O4PS+. The molecular weight excluding hydrogens is 433 g/mol. The van der Waals surface area contributed by atoms with Gasteiger partial charge in [-0.1, -0.05) is 6.42 Å². The van der Waals surface area contributed by atoms with Gasteiger partial charge in [0.1, 0.15) is 16.9 Å². The molecule has 3 aliphatic rings. The number of aromatic nitrogens is 1. The smallest absolute Gasteiger partial charge is 0.490 e. The van der Waals surface area contributed by atoms with E-state index in [-0.39, 0.29) is 6.73 Å². The van der Waals surface area contributed by atoms with Gasteiger partial charge in [-0.3, -0.25) is 4.90 Å². The fraction of sp³-hybridized carbons (Fsp3) is 0.591. The van der Waals surface area contributed by atoms with E-state index >= 15 is 0 Å². The van der Waals surface area contributed by atoms with Crippen LogP contribution >= 0.6 is 19.6 Å². The van der Waals surface area contributed by atoms with Gasteiger partial charge in [-0.15, -0.1) is 20.8 Å². The molecule has 7 nitrogen and oxygen atoms in total. The van der Waals surface area contributed by atoms with Crippen molar-refractivity contribution in [3.05, 3.63) is 34.8 Å². The van der Waals surface area contributed by atoms with Crippen molar-refractivity contribution in [1.29, 1.82) is 0 Å². The summed E-state index contributed by atoms with van der Waals surface area (Å²) in [5.74, 6) is 0.939. The predicted molar refractivity (Wildman–Crippen MR) is 120 cm³/mol. The molecule has 9 heteroatoms. The highest BCUT2D eigenvalue weighted by molar-refractivity contribution is 7.32. The van der Waals surface area contributed by atoms with Crippen molar-refractivity contribution in [1.82, 2.24) is 14.8 Å². The molecule has 31 heavy (non-hydrogen) atoms. The molecule has 1 unspecified atom stereocenters. The van der Waals surface area contributed by atoms with Crippen LogP contribution in [0.1, 0.15) is 42.7 Å². The van der Waals surface area contributed by atoms with Gasteiger partial charge in [-0.2, -0.15) is 0 Å². The summed E-state index contributed by atoms with van der Waals surface area (Å²) in [5, 5.41) is 1.02. The topological polar surface area (TPSA) is 75.1 Å². The lowest BCUT2D eigenvalue weighted by Gasteiger charge is -2.44. The maximum atomic E-state index is 10.8. The fourth-order valence-electron chi connectivity index (χ4n) is 4.70. The SMILES string of the molecule is O=[P+](O)OCN1CCc2nc(-c3ccc(OC4CC(N5CCCCC5)C4)cc3)sc2C1. The van der Waals surface area contributed by atoms with Crippen LogP contribution in [0.2, 0.25) is 0 Å². The first-order valence-electron chi connectivity index (χ1n) is 11.1. The van der Waals surface area contributed by atoms with Crippen LogP contribution in [0.5, 0.6) is 5.75 Å². The maximum Gasteiger partial charge on any atom is 0.696 e. The van der Waals surface area contributed by atoms with E-state index < -0.39 is 8.25 Å². The molecule has 1 saturated heterocycles. The van der Waals surface area contributed by atoms with E-state index in [4.69, 9.17) is 19.1 Å². The van der Waals surface area contributed by atoms with Gasteiger partial charge in [0.2, 0.25) is 0 Å². The largest absolute Gasteiger partial charge is 0.696 e. The van der Waals surface area contributed by atoms with E-state index in [0.29, 0.717) is 18.7 Å². The fourth-order valence-corrected chi connectivity index (χ4v) is 6.12. The Kier molecular flexibility index (Phi) is 6.64.